The van der Waals surface area contributed by atoms with E-state index in [1.54, 1.807) is 20.8 Å². The lowest BCUT2D eigenvalue weighted by Crippen LogP contribution is -2.62. The van der Waals surface area contributed by atoms with Gasteiger partial charge in [0, 0.05) is 6.54 Å². The van der Waals surface area contributed by atoms with Crippen LogP contribution in [0.2, 0.25) is 0 Å². The lowest BCUT2D eigenvalue weighted by molar-refractivity contribution is -0.148. The third kappa shape index (κ3) is 3.72. The minimum absolute atomic E-state index is 0.0276. The molecule has 4 rings (SSSR count). The Labute approximate surface area is 177 Å². The van der Waals surface area contributed by atoms with Gasteiger partial charge in [-0.3, -0.25) is 19.3 Å². The Morgan fingerprint density at radius 1 is 1.35 bits per heavy atom. The number of Topliss-reactive ketones (excluding diaryl/α,β-unsaturated/α-hetero) is 1. The molecule has 11 heteroatoms. The predicted octanol–water partition coefficient (Wildman–Crippen LogP) is 0.318. The highest BCUT2D eigenvalue weighted by atomic mass is 19.1. The maximum absolute atomic E-state index is 13.8. The second-order valence-corrected chi connectivity index (χ2v) is 7.74. The van der Waals surface area contributed by atoms with Crippen molar-refractivity contribution in [1.29, 1.82) is 0 Å². The van der Waals surface area contributed by atoms with Crippen LogP contribution in [0.15, 0.2) is 29.5 Å². The predicted molar refractivity (Wildman–Crippen MR) is 106 cm³/mol. The van der Waals surface area contributed by atoms with E-state index in [9.17, 15) is 18.8 Å². The molecular formula is C20H21FN6O4. The van der Waals surface area contributed by atoms with Gasteiger partial charge < -0.3 is 10.1 Å². The fourth-order valence-corrected chi connectivity index (χ4v) is 3.62. The molecule has 2 aromatic rings. The van der Waals surface area contributed by atoms with E-state index in [-0.39, 0.29) is 25.5 Å². The summed E-state index contributed by atoms with van der Waals surface area (Å²) in [7, 11) is 0. The van der Waals surface area contributed by atoms with Crippen LogP contribution < -0.4 is 5.32 Å². The van der Waals surface area contributed by atoms with E-state index in [1.165, 1.54) is 34.1 Å². The van der Waals surface area contributed by atoms with E-state index >= 15 is 0 Å². The van der Waals surface area contributed by atoms with Crippen LogP contribution >= 0.6 is 0 Å². The Kier molecular flexibility index (Phi) is 5.13. The molecule has 1 saturated heterocycles. The number of nitrogens with one attached hydrogen (secondary N) is 1. The lowest BCUT2D eigenvalue weighted by Gasteiger charge is -2.41. The number of hydrogen-bond donors (Lipinski definition) is 1. The topological polar surface area (TPSA) is 119 Å². The number of rotatable bonds is 4. The normalized spacial score (nSPS) is 20.3. The van der Waals surface area contributed by atoms with Gasteiger partial charge in [0.05, 0.1) is 18.8 Å². The van der Waals surface area contributed by atoms with Gasteiger partial charge in [-0.05, 0) is 38.5 Å². The van der Waals surface area contributed by atoms with Crippen molar-refractivity contribution in [2.75, 3.05) is 13.2 Å². The summed E-state index contributed by atoms with van der Waals surface area (Å²) in [4.78, 5) is 47.4. The summed E-state index contributed by atoms with van der Waals surface area (Å²) in [5.74, 6) is -2.08. The second-order valence-electron chi connectivity index (χ2n) is 7.74. The second kappa shape index (κ2) is 7.65. The van der Waals surface area contributed by atoms with Crippen molar-refractivity contribution in [3.05, 3.63) is 41.7 Å². The van der Waals surface area contributed by atoms with Crippen molar-refractivity contribution in [2.24, 2.45) is 4.99 Å². The van der Waals surface area contributed by atoms with Gasteiger partial charge in [-0.25, -0.2) is 19.0 Å². The number of aliphatic imine (C=N–C) groups is 1. The van der Waals surface area contributed by atoms with Crippen LogP contribution in [0, 0.1) is 12.7 Å². The molecule has 31 heavy (non-hydrogen) atoms. The highest BCUT2D eigenvalue weighted by Gasteiger charge is 2.47. The fraction of sp³-hybridized carbons (Fsp3) is 0.400. The standard InChI is InChI=1S/C20H21FN6O4/c1-11-23-10-24-27(11)14-8-13(21)5-4-12(14)9-22-17(29)15-16(28)18(30)26-6-7-31-20(2,3)19(26)25-15/h4-5,8,10,15H,6-7,9H2,1-3H3,(H,22,29). The Morgan fingerprint density at radius 3 is 2.84 bits per heavy atom. The van der Waals surface area contributed by atoms with Crippen LogP contribution in [0.5, 0.6) is 0 Å². The van der Waals surface area contributed by atoms with E-state index in [0.29, 0.717) is 17.1 Å². The number of ether oxygens (including phenoxy) is 1. The molecule has 0 aliphatic carbocycles. The number of fused-ring (bicyclic) bond motifs is 1. The summed E-state index contributed by atoms with van der Waals surface area (Å²) in [6, 6.07) is 2.54. The molecule has 0 bridgehead atoms. The lowest BCUT2D eigenvalue weighted by atomic mass is 9.99. The molecule has 2 amide bonds. The van der Waals surface area contributed by atoms with Crippen molar-refractivity contribution < 1.29 is 23.5 Å². The smallest absolute Gasteiger partial charge is 0.298 e. The summed E-state index contributed by atoms with van der Waals surface area (Å²) < 4.78 is 20.9. The summed E-state index contributed by atoms with van der Waals surface area (Å²) in [6.07, 6.45) is 1.34. The number of benzene rings is 1. The average Bonchev–Trinajstić information content (AvgIpc) is 3.15. The number of hydrogen-bond acceptors (Lipinski definition) is 7. The van der Waals surface area contributed by atoms with E-state index in [2.05, 4.69) is 20.4 Å². The number of aryl methyl sites for hydroxylation is 1. The number of halogens is 1. The summed E-state index contributed by atoms with van der Waals surface area (Å²) in [6.45, 7) is 5.61. The van der Waals surface area contributed by atoms with Crippen LogP contribution in [-0.2, 0) is 25.7 Å². The van der Waals surface area contributed by atoms with Gasteiger partial charge >= 0.3 is 0 Å². The molecule has 1 aromatic carbocycles. The third-order valence-electron chi connectivity index (χ3n) is 5.22. The van der Waals surface area contributed by atoms with Gasteiger partial charge in [-0.15, -0.1) is 0 Å². The van der Waals surface area contributed by atoms with Gasteiger partial charge in [-0.2, -0.15) is 5.10 Å². The first-order valence-electron chi connectivity index (χ1n) is 9.70. The number of morpholine rings is 1. The Morgan fingerprint density at radius 2 is 2.13 bits per heavy atom. The zero-order chi connectivity index (χ0) is 22.3. The molecule has 0 radical (unpaired) electrons. The average molecular weight is 428 g/mol. The van der Waals surface area contributed by atoms with E-state index in [0.717, 1.165) is 0 Å². The van der Waals surface area contributed by atoms with Gasteiger partial charge in [0.2, 0.25) is 0 Å². The van der Waals surface area contributed by atoms with E-state index in [1.807, 2.05) is 0 Å². The number of amidine groups is 1. The molecule has 2 aliphatic rings. The third-order valence-corrected chi connectivity index (χ3v) is 5.22. The minimum atomic E-state index is -1.50. The number of amides is 2. The summed E-state index contributed by atoms with van der Waals surface area (Å²) in [5.41, 5.74) is 0.0521. The first-order valence-corrected chi connectivity index (χ1v) is 9.70. The largest absolute Gasteiger partial charge is 0.366 e. The van der Waals surface area contributed by atoms with E-state index < -0.39 is 35.1 Å². The number of nitrogens with zero attached hydrogens (tertiary/aromatic N) is 5. The Balaban J connectivity index is 1.58. The van der Waals surface area contributed by atoms with Gasteiger partial charge in [0.15, 0.2) is 6.04 Å². The molecular weight excluding hydrogens is 407 g/mol. The molecule has 0 spiro atoms. The zero-order valence-electron chi connectivity index (χ0n) is 17.3. The minimum Gasteiger partial charge on any atom is -0.366 e. The molecule has 2 aliphatic heterocycles. The highest BCUT2D eigenvalue weighted by Crippen LogP contribution is 2.25. The van der Waals surface area contributed by atoms with Crippen LogP contribution in [0.1, 0.15) is 25.2 Å². The molecule has 10 nitrogen and oxygen atoms in total. The molecule has 1 unspecified atom stereocenters. The monoisotopic (exact) mass is 428 g/mol. The Hall–Kier alpha value is -3.47. The van der Waals surface area contributed by atoms with E-state index in [4.69, 9.17) is 4.74 Å². The first kappa shape index (κ1) is 20.8. The van der Waals surface area contributed by atoms with Crippen molar-refractivity contribution in [2.45, 2.75) is 39.0 Å². The number of aromatic nitrogens is 3. The Bertz CT molecular complexity index is 1110. The quantitative estimate of drug-likeness (QED) is 0.553. The molecule has 1 fully saturated rings. The molecule has 162 valence electrons. The number of carbonyl (C=O) groups excluding carboxylic acids is 3. The van der Waals surface area contributed by atoms with Crippen molar-refractivity contribution in [1.82, 2.24) is 25.0 Å². The molecule has 0 saturated carbocycles. The molecule has 1 atom stereocenters. The summed E-state index contributed by atoms with van der Waals surface area (Å²) in [5, 5.41) is 6.70. The molecule has 3 heterocycles. The summed E-state index contributed by atoms with van der Waals surface area (Å²) >= 11 is 0. The van der Waals surface area contributed by atoms with Crippen molar-refractivity contribution >= 4 is 23.4 Å². The van der Waals surface area contributed by atoms with Crippen molar-refractivity contribution in [3.8, 4) is 5.69 Å². The fourth-order valence-electron chi connectivity index (χ4n) is 3.62. The first-order chi connectivity index (χ1) is 14.7. The van der Waals surface area contributed by atoms with Gasteiger partial charge in [-0.1, -0.05) is 6.07 Å². The van der Waals surface area contributed by atoms with Crippen LogP contribution in [0.4, 0.5) is 4.39 Å². The highest BCUT2D eigenvalue weighted by molar-refractivity contribution is 6.46. The number of ketones is 1. The molecule has 1 N–H and O–H groups in total. The van der Waals surface area contributed by atoms with Crippen LogP contribution in [-0.4, -0.2) is 67.9 Å². The van der Waals surface area contributed by atoms with Crippen molar-refractivity contribution in [3.63, 3.8) is 0 Å². The number of carbonyl (C=O) groups is 3. The van der Waals surface area contributed by atoms with Crippen LogP contribution in [0.3, 0.4) is 0 Å². The van der Waals surface area contributed by atoms with Crippen LogP contribution in [0.25, 0.3) is 5.69 Å². The SMILES string of the molecule is Cc1ncnn1-c1cc(F)ccc1CNC(=O)C1N=C2N(CCOC2(C)C)C(=O)C1=O. The van der Waals surface area contributed by atoms with Gasteiger partial charge in [0.1, 0.15) is 29.4 Å². The maximum Gasteiger partial charge on any atom is 0.298 e. The zero-order valence-corrected chi connectivity index (χ0v) is 17.3. The maximum atomic E-state index is 13.8. The van der Waals surface area contributed by atoms with Gasteiger partial charge in [0.25, 0.3) is 17.6 Å². The molecule has 1 aromatic heterocycles.